The summed E-state index contributed by atoms with van der Waals surface area (Å²) in [6.07, 6.45) is 0.697. The SMILES string of the molecule is CN=C(NCCOC)NC1CC1c1c(F)cccc1F. The van der Waals surface area contributed by atoms with Gasteiger partial charge < -0.3 is 15.4 Å². The number of rotatable bonds is 5. The molecule has 2 rings (SSSR count). The lowest BCUT2D eigenvalue weighted by Crippen LogP contribution is -2.40. The van der Waals surface area contributed by atoms with Crippen LogP contribution in [0.5, 0.6) is 0 Å². The number of hydrogen-bond acceptors (Lipinski definition) is 2. The van der Waals surface area contributed by atoms with E-state index in [2.05, 4.69) is 15.6 Å². The second-order valence-electron chi connectivity index (χ2n) is 4.72. The van der Waals surface area contributed by atoms with Gasteiger partial charge in [0.2, 0.25) is 0 Å². The van der Waals surface area contributed by atoms with Crippen molar-refractivity contribution in [2.24, 2.45) is 4.99 Å². The summed E-state index contributed by atoms with van der Waals surface area (Å²) in [5, 5.41) is 6.22. The molecule has 1 aromatic carbocycles. The molecule has 4 nitrogen and oxygen atoms in total. The van der Waals surface area contributed by atoms with Crippen LogP contribution >= 0.6 is 0 Å². The zero-order chi connectivity index (χ0) is 14.5. The average Bonchev–Trinajstić information content (AvgIpc) is 3.16. The summed E-state index contributed by atoms with van der Waals surface area (Å²) in [6, 6.07) is 3.97. The summed E-state index contributed by atoms with van der Waals surface area (Å²) in [5.74, 6) is -0.494. The van der Waals surface area contributed by atoms with Gasteiger partial charge in [-0.05, 0) is 18.6 Å². The number of guanidine groups is 1. The van der Waals surface area contributed by atoms with E-state index in [0.717, 1.165) is 0 Å². The Morgan fingerprint density at radius 1 is 1.40 bits per heavy atom. The van der Waals surface area contributed by atoms with Crippen molar-refractivity contribution >= 4 is 5.96 Å². The fourth-order valence-corrected chi connectivity index (χ4v) is 2.18. The quantitative estimate of drug-likeness (QED) is 0.490. The van der Waals surface area contributed by atoms with Gasteiger partial charge in [0.1, 0.15) is 11.6 Å². The third-order valence-electron chi connectivity index (χ3n) is 3.31. The Morgan fingerprint density at radius 2 is 2.10 bits per heavy atom. The number of nitrogens with zero attached hydrogens (tertiary/aromatic N) is 1. The van der Waals surface area contributed by atoms with E-state index in [9.17, 15) is 8.78 Å². The zero-order valence-corrected chi connectivity index (χ0v) is 11.6. The number of aliphatic imine (C=N–C) groups is 1. The van der Waals surface area contributed by atoms with E-state index in [1.807, 2.05) is 0 Å². The van der Waals surface area contributed by atoms with Gasteiger partial charge in [-0.25, -0.2) is 8.78 Å². The molecule has 0 bridgehead atoms. The predicted octanol–water partition coefficient (Wildman–Crippen LogP) is 1.63. The molecule has 110 valence electrons. The van der Waals surface area contributed by atoms with E-state index in [0.29, 0.717) is 25.5 Å². The normalized spacial score (nSPS) is 21.7. The molecule has 0 saturated heterocycles. The number of benzene rings is 1. The topological polar surface area (TPSA) is 45.7 Å². The Morgan fingerprint density at radius 3 is 2.70 bits per heavy atom. The van der Waals surface area contributed by atoms with Crippen LogP contribution in [0.4, 0.5) is 8.78 Å². The average molecular weight is 283 g/mol. The molecule has 1 saturated carbocycles. The van der Waals surface area contributed by atoms with E-state index in [1.165, 1.54) is 18.2 Å². The van der Waals surface area contributed by atoms with Crippen molar-refractivity contribution in [1.82, 2.24) is 10.6 Å². The molecule has 2 unspecified atom stereocenters. The van der Waals surface area contributed by atoms with Crippen molar-refractivity contribution < 1.29 is 13.5 Å². The van der Waals surface area contributed by atoms with Crippen LogP contribution in [0.3, 0.4) is 0 Å². The van der Waals surface area contributed by atoms with Crippen molar-refractivity contribution in [3.8, 4) is 0 Å². The Labute approximate surface area is 117 Å². The minimum absolute atomic E-state index is 0.00939. The van der Waals surface area contributed by atoms with Crippen LogP contribution in [-0.4, -0.2) is 39.3 Å². The van der Waals surface area contributed by atoms with E-state index >= 15 is 0 Å². The lowest BCUT2D eigenvalue weighted by molar-refractivity contribution is 0.203. The first kappa shape index (κ1) is 14.7. The van der Waals surface area contributed by atoms with Gasteiger partial charge in [0.05, 0.1) is 6.61 Å². The first-order valence-corrected chi connectivity index (χ1v) is 6.57. The number of halogens is 2. The van der Waals surface area contributed by atoms with Crippen molar-refractivity contribution in [2.45, 2.75) is 18.4 Å². The highest BCUT2D eigenvalue weighted by Crippen LogP contribution is 2.42. The highest BCUT2D eigenvalue weighted by atomic mass is 19.1. The Hall–Kier alpha value is -1.69. The Balaban J connectivity index is 1.91. The predicted molar refractivity (Wildman–Crippen MR) is 73.9 cm³/mol. The zero-order valence-electron chi connectivity index (χ0n) is 11.6. The van der Waals surface area contributed by atoms with Crippen molar-refractivity contribution in [3.63, 3.8) is 0 Å². The highest BCUT2D eigenvalue weighted by Gasteiger charge is 2.42. The van der Waals surface area contributed by atoms with Crippen LogP contribution in [-0.2, 0) is 4.74 Å². The van der Waals surface area contributed by atoms with Gasteiger partial charge in [0.15, 0.2) is 5.96 Å². The summed E-state index contributed by atoms with van der Waals surface area (Å²) in [7, 11) is 3.28. The van der Waals surface area contributed by atoms with E-state index in [4.69, 9.17) is 4.74 Å². The molecule has 0 heterocycles. The van der Waals surface area contributed by atoms with E-state index in [1.54, 1.807) is 14.2 Å². The first-order chi connectivity index (χ1) is 9.67. The maximum Gasteiger partial charge on any atom is 0.191 e. The van der Waals surface area contributed by atoms with Gasteiger partial charge in [0.25, 0.3) is 0 Å². The van der Waals surface area contributed by atoms with Crippen molar-refractivity contribution in [3.05, 3.63) is 35.4 Å². The second kappa shape index (κ2) is 6.65. The maximum absolute atomic E-state index is 13.7. The van der Waals surface area contributed by atoms with E-state index < -0.39 is 11.6 Å². The Kier molecular flexibility index (Phi) is 4.89. The van der Waals surface area contributed by atoms with Crippen LogP contribution in [0.2, 0.25) is 0 Å². The number of nitrogens with one attached hydrogen (secondary N) is 2. The van der Waals surface area contributed by atoms with Gasteiger partial charge in [-0.1, -0.05) is 6.07 Å². The molecular formula is C14H19F2N3O. The molecule has 1 aliphatic carbocycles. The van der Waals surface area contributed by atoms with Crippen LogP contribution in [0, 0.1) is 11.6 Å². The maximum atomic E-state index is 13.7. The van der Waals surface area contributed by atoms with E-state index in [-0.39, 0.29) is 17.5 Å². The molecule has 20 heavy (non-hydrogen) atoms. The highest BCUT2D eigenvalue weighted by molar-refractivity contribution is 5.80. The van der Waals surface area contributed by atoms with Crippen molar-refractivity contribution in [1.29, 1.82) is 0 Å². The van der Waals surface area contributed by atoms with Gasteiger partial charge in [0, 0.05) is 38.2 Å². The molecule has 1 fully saturated rings. The number of hydrogen-bond donors (Lipinski definition) is 2. The fraction of sp³-hybridized carbons (Fsp3) is 0.500. The van der Waals surface area contributed by atoms with Crippen LogP contribution in [0.15, 0.2) is 23.2 Å². The summed E-state index contributed by atoms with van der Waals surface area (Å²) in [4.78, 5) is 4.06. The molecule has 0 aromatic heterocycles. The molecule has 2 atom stereocenters. The molecule has 0 aliphatic heterocycles. The van der Waals surface area contributed by atoms with Crippen LogP contribution in [0.25, 0.3) is 0 Å². The van der Waals surface area contributed by atoms with Crippen molar-refractivity contribution in [2.75, 3.05) is 27.3 Å². The summed E-state index contributed by atoms with van der Waals surface area (Å²) >= 11 is 0. The molecule has 1 aromatic rings. The summed E-state index contributed by atoms with van der Waals surface area (Å²) < 4.78 is 32.2. The minimum Gasteiger partial charge on any atom is -0.383 e. The minimum atomic E-state index is -0.485. The van der Waals surface area contributed by atoms with Gasteiger partial charge in [-0.3, -0.25) is 4.99 Å². The largest absolute Gasteiger partial charge is 0.383 e. The van der Waals surface area contributed by atoms with Crippen LogP contribution < -0.4 is 10.6 Å². The first-order valence-electron chi connectivity index (χ1n) is 6.57. The molecule has 2 N–H and O–H groups in total. The van der Waals surface area contributed by atoms with Crippen LogP contribution in [0.1, 0.15) is 17.9 Å². The second-order valence-corrected chi connectivity index (χ2v) is 4.72. The number of methoxy groups -OCH3 is 1. The Bertz CT molecular complexity index is 473. The smallest absolute Gasteiger partial charge is 0.191 e. The third kappa shape index (κ3) is 3.45. The summed E-state index contributed by atoms with van der Waals surface area (Å²) in [6.45, 7) is 1.19. The molecule has 1 aliphatic rings. The fourth-order valence-electron chi connectivity index (χ4n) is 2.18. The standard InChI is InChI=1S/C14H19F2N3O/c1-17-14(18-6-7-20-2)19-12-8-9(12)13-10(15)4-3-5-11(13)16/h3-5,9,12H,6-8H2,1-2H3,(H2,17,18,19). The molecule has 0 amide bonds. The van der Waals surface area contributed by atoms with Gasteiger partial charge in [-0.15, -0.1) is 0 Å². The molecule has 0 radical (unpaired) electrons. The lowest BCUT2D eigenvalue weighted by atomic mass is 10.1. The van der Waals surface area contributed by atoms with Gasteiger partial charge in [-0.2, -0.15) is 0 Å². The monoisotopic (exact) mass is 283 g/mol. The number of ether oxygens (including phenoxy) is 1. The summed E-state index contributed by atoms with van der Waals surface area (Å²) in [5.41, 5.74) is 0.164. The molecule has 0 spiro atoms. The third-order valence-corrected chi connectivity index (χ3v) is 3.31. The van der Waals surface area contributed by atoms with Gasteiger partial charge >= 0.3 is 0 Å². The lowest BCUT2D eigenvalue weighted by Gasteiger charge is -2.11. The molecule has 6 heteroatoms. The molecular weight excluding hydrogens is 264 g/mol.